The van der Waals surface area contributed by atoms with Crippen LogP contribution < -0.4 is 19.5 Å². The first-order valence-electron chi connectivity index (χ1n) is 15.4. The van der Waals surface area contributed by atoms with Gasteiger partial charge in [-0.15, -0.1) is 0 Å². The normalized spacial score (nSPS) is 11.4. The number of aryl methyl sites for hydroxylation is 2. The van der Waals surface area contributed by atoms with Crippen molar-refractivity contribution in [3.63, 3.8) is 0 Å². The smallest absolute Gasteiger partial charge is 0.295 e. The van der Waals surface area contributed by atoms with Gasteiger partial charge in [-0.3, -0.25) is 14.4 Å². The van der Waals surface area contributed by atoms with Crippen LogP contribution >= 0.6 is 0 Å². The molecule has 0 aliphatic carbocycles. The molecule has 2 amide bonds. The number of nitrogens with zero attached hydrogens (tertiary/aromatic N) is 1. The molecular weight excluding hydrogens is 580 g/mol. The summed E-state index contributed by atoms with van der Waals surface area (Å²) >= 11 is 0. The Balaban J connectivity index is 1.53. The van der Waals surface area contributed by atoms with Crippen LogP contribution in [0.1, 0.15) is 52.4 Å². The molecule has 0 aliphatic rings. The fraction of sp³-hybridized carbons (Fsp3) is 0.289. The molecule has 240 valence electrons. The number of hydrogen-bond donors (Lipinski definition) is 1. The molecule has 46 heavy (non-hydrogen) atoms. The Morgan fingerprint density at radius 3 is 1.63 bits per heavy atom. The average Bonchev–Trinajstić information content (AvgIpc) is 3.11. The maximum absolute atomic E-state index is 13.7. The largest absolute Gasteiger partial charge is 0.493 e. The van der Waals surface area contributed by atoms with Gasteiger partial charge in [-0.25, -0.2) is 0 Å². The maximum atomic E-state index is 13.7. The van der Waals surface area contributed by atoms with E-state index in [1.165, 1.54) is 49.5 Å². The standard InChI is InChI=1S/C38H42N2O6/c1-40(38(43)36(42)30-24-33(44-2)37(46-4)34(25-30)45-3)32(29-18-12-7-13-19-29)26-35(41)39-31(22-20-27-14-8-5-9-15-27)23-21-28-16-10-6-11-17-28/h5-19,24-25,31-32H,20-23,26H2,1-4H3,(H,39,41). The Morgan fingerprint density at radius 2 is 1.17 bits per heavy atom. The molecule has 4 rings (SSSR count). The van der Waals surface area contributed by atoms with E-state index in [2.05, 4.69) is 29.6 Å². The summed E-state index contributed by atoms with van der Waals surface area (Å²) in [4.78, 5) is 42.2. The van der Waals surface area contributed by atoms with Crippen LogP contribution in [0.15, 0.2) is 103 Å². The number of Topliss-reactive ketones (excluding diaryl/α,β-unsaturated/α-hetero) is 1. The molecule has 0 saturated carbocycles. The molecule has 0 bridgehead atoms. The summed E-state index contributed by atoms with van der Waals surface area (Å²) in [5.41, 5.74) is 3.25. The molecule has 4 aromatic carbocycles. The molecule has 1 N–H and O–H groups in total. The van der Waals surface area contributed by atoms with E-state index < -0.39 is 17.7 Å². The lowest BCUT2D eigenvalue weighted by Crippen LogP contribution is -2.41. The number of carbonyl (C=O) groups excluding carboxylic acids is 3. The molecule has 0 fully saturated rings. The lowest BCUT2D eigenvalue weighted by molar-refractivity contribution is -0.129. The third-order valence-corrected chi connectivity index (χ3v) is 8.09. The molecule has 1 unspecified atom stereocenters. The van der Waals surface area contributed by atoms with Gasteiger partial charge in [0.25, 0.3) is 11.7 Å². The van der Waals surface area contributed by atoms with Crippen LogP contribution in [0.3, 0.4) is 0 Å². The molecule has 0 saturated heterocycles. The van der Waals surface area contributed by atoms with Gasteiger partial charge in [0.1, 0.15) is 0 Å². The monoisotopic (exact) mass is 622 g/mol. The summed E-state index contributed by atoms with van der Waals surface area (Å²) in [6.07, 6.45) is 3.18. The van der Waals surface area contributed by atoms with Gasteiger partial charge in [-0.05, 0) is 54.5 Å². The minimum Gasteiger partial charge on any atom is -0.493 e. The molecule has 1 atom stereocenters. The van der Waals surface area contributed by atoms with Crippen molar-refractivity contribution in [3.05, 3.63) is 125 Å². The van der Waals surface area contributed by atoms with Gasteiger partial charge in [-0.2, -0.15) is 0 Å². The quantitative estimate of drug-likeness (QED) is 0.118. The van der Waals surface area contributed by atoms with E-state index in [9.17, 15) is 14.4 Å². The molecule has 8 heteroatoms. The van der Waals surface area contributed by atoms with Gasteiger partial charge in [0.2, 0.25) is 11.7 Å². The molecule has 0 aromatic heterocycles. The fourth-order valence-corrected chi connectivity index (χ4v) is 5.51. The van der Waals surface area contributed by atoms with E-state index in [1.807, 2.05) is 66.7 Å². The number of likely N-dealkylation sites (N-methyl/N-ethyl adjacent to an activating group) is 1. The second-order valence-corrected chi connectivity index (χ2v) is 11.1. The third-order valence-electron chi connectivity index (χ3n) is 8.09. The van der Waals surface area contributed by atoms with E-state index in [-0.39, 0.29) is 35.4 Å². The summed E-state index contributed by atoms with van der Waals surface area (Å²) in [5.74, 6) is -0.879. The lowest BCUT2D eigenvalue weighted by Gasteiger charge is -2.29. The van der Waals surface area contributed by atoms with Gasteiger partial charge in [-0.1, -0.05) is 91.0 Å². The summed E-state index contributed by atoms with van der Waals surface area (Å²) in [5, 5.41) is 3.25. The Morgan fingerprint density at radius 1 is 0.696 bits per heavy atom. The first-order chi connectivity index (χ1) is 22.3. The van der Waals surface area contributed by atoms with Crippen molar-refractivity contribution in [2.24, 2.45) is 0 Å². The van der Waals surface area contributed by atoms with Gasteiger partial charge in [0.05, 0.1) is 33.8 Å². The summed E-state index contributed by atoms with van der Waals surface area (Å²) in [7, 11) is 5.89. The van der Waals surface area contributed by atoms with Crippen LogP contribution in [-0.4, -0.2) is 56.9 Å². The number of hydrogen-bond acceptors (Lipinski definition) is 6. The van der Waals surface area contributed by atoms with E-state index in [0.29, 0.717) is 5.75 Å². The Kier molecular flexibility index (Phi) is 12.4. The highest BCUT2D eigenvalue weighted by molar-refractivity contribution is 6.42. The van der Waals surface area contributed by atoms with Crippen LogP contribution in [0.25, 0.3) is 0 Å². The summed E-state index contributed by atoms with van der Waals surface area (Å²) < 4.78 is 16.1. The Hall–Kier alpha value is -5.11. The van der Waals surface area contributed by atoms with E-state index >= 15 is 0 Å². The van der Waals surface area contributed by atoms with Crippen LogP contribution in [0, 0.1) is 0 Å². The molecule has 4 aromatic rings. The van der Waals surface area contributed by atoms with Crippen molar-refractivity contribution in [2.45, 2.75) is 44.2 Å². The zero-order chi connectivity index (χ0) is 32.9. The van der Waals surface area contributed by atoms with Gasteiger partial charge >= 0.3 is 0 Å². The first-order valence-corrected chi connectivity index (χ1v) is 15.4. The molecule has 8 nitrogen and oxygen atoms in total. The second-order valence-electron chi connectivity index (χ2n) is 11.1. The number of nitrogens with one attached hydrogen (secondary N) is 1. The van der Waals surface area contributed by atoms with Crippen molar-refractivity contribution in [2.75, 3.05) is 28.4 Å². The highest BCUT2D eigenvalue weighted by Gasteiger charge is 2.31. The highest BCUT2D eigenvalue weighted by atomic mass is 16.5. The first kappa shape index (κ1) is 33.8. The number of ketones is 1. The number of carbonyl (C=O) groups is 3. The Bertz CT molecular complexity index is 1510. The van der Waals surface area contributed by atoms with Crippen LogP contribution in [-0.2, 0) is 22.4 Å². The third kappa shape index (κ3) is 8.97. The molecule has 0 spiro atoms. The van der Waals surface area contributed by atoms with Gasteiger partial charge in [0, 0.05) is 18.7 Å². The zero-order valence-corrected chi connectivity index (χ0v) is 26.9. The predicted molar refractivity (Wildman–Crippen MR) is 178 cm³/mol. The molecule has 0 aliphatic heterocycles. The molecule has 0 heterocycles. The fourth-order valence-electron chi connectivity index (χ4n) is 5.51. The minimum atomic E-state index is -0.763. The van der Waals surface area contributed by atoms with Crippen molar-refractivity contribution in [1.29, 1.82) is 0 Å². The summed E-state index contributed by atoms with van der Waals surface area (Å²) in [6, 6.07) is 31.8. The van der Waals surface area contributed by atoms with Crippen LogP contribution in [0.2, 0.25) is 0 Å². The van der Waals surface area contributed by atoms with Crippen molar-refractivity contribution in [1.82, 2.24) is 10.2 Å². The highest BCUT2D eigenvalue weighted by Crippen LogP contribution is 2.38. The van der Waals surface area contributed by atoms with E-state index in [1.54, 1.807) is 7.05 Å². The molecular formula is C38H42N2O6. The summed E-state index contributed by atoms with van der Waals surface area (Å²) in [6.45, 7) is 0. The zero-order valence-electron chi connectivity index (χ0n) is 26.9. The lowest BCUT2D eigenvalue weighted by atomic mass is 9.97. The van der Waals surface area contributed by atoms with Gasteiger partial charge in [0.15, 0.2) is 11.5 Å². The Labute approximate surface area is 271 Å². The SMILES string of the molecule is COc1cc(C(=O)C(=O)N(C)C(CC(=O)NC(CCc2ccccc2)CCc2ccccc2)c2ccccc2)cc(OC)c1OC. The second kappa shape index (κ2) is 16.8. The number of ether oxygens (including phenoxy) is 3. The minimum absolute atomic E-state index is 0.0119. The molecule has 0 radical (unpaired) electrons. The van der Waals surface area contributed by atoms with Crippen molar-refractivity contribution >= 4 is 17.6 Å². The maximum Gasteiger partial charge on any atom is 0.295 e. The van der Waals surface area contributed by atoms with Crippen molar-refractivity contribution in [3.8, 4) is 17.2 Å². The van der Waals surface area contributed by atoms with E-state index in [0.717, 1.165) is 31.2 Å². The number of amides is 2. The van der Waals surface area contributed by atoms with Crippen molar-refractivity contribution < 1.29 is 28.6 Å². The number of methoxy groups -OCH3 is 3. The number of benzene rings is 4. The van der Waals surface area contributed by atoms with Gasteiger partial charge < -0.3 is 24.4 Å². The van der Waals surface area contributed by atoms with Crippen LogP contribution in [0.4, 0.5) is 0 Å². The van der Waals surface area contributed by atoms with E-state index in [4.69, 9.17) is 14.2 Å². The number of rotatable bonds is 16. The van der Waals surface area contributed by atoms with Crippen LogP contribution in [0.5, 0.6) is 17.2 Å². The topological polar surface area (TPSA) is 94.2 Å². The predicted octanol–water partition coefficient (Wildman–Crippen LogP) is 6.24. The average molecular weight is 623 g/mol.